The summed E-state index contributed by atoms with van der Waals surface area (Å²) in [5.41, 5.74) is 6.39. The van der Waals surface area contributed by atoms with Crippen LogP contribution in [0.15, 0.2) is 53.8 Å². The molecule has 1 saturated carbocycles. The molecule has 7 heteroatoms. The summed E-state index contributed by atoms with van der Waals surface area (Å²) in [4.78, 5) is 17.3. The third-order valence-electron chi connectivity index (χ3n) is 7.52. The van der Waals surface area contributed by atoms with Crippen LogP contribution in [0.4, 0.5) is 11.4 Å². The number of ether oxygens (including phenoxy) is 1. The molecule has 34 heavy (non-hydrogen) atoms. The predicted octanol–water partition coefficient (Wildman–Crippen LogP) is 4.44. The summed E-state index contributed by atoms with van der Waals surface area (Å²) < 4.78 is 5.51. The minimum Gasteiger partial charge on any atom is -0.378 e. The molecular formula is C27H33N5O2. The van der Waals surface area contributed by atoms with Gasteiger partial charge in [-0.05, 0) is 48.7 Å². The molecule has 3 aromatic rings. The van der Waals surface area contributed by atoms with Gasteiger partial charge < -0.3 is 24.6 Å². The van der Waals surface area contributed by atoms with E-state index in [0.29, 0.717) is 12.5 Å². The van der Waals surface area contributed by atoms with Gasteiger partial charge in [0.15, 0.2) is 0 Å². The number of nitrogens with zero attached hydrogens (tertiary/aromatic N) is 4. The minimum atomic E-state index is -0.605. The Labute approximate surface area is 200 Å². The maximum atomic E-state index is 11.3. The van der Waals surface area contributed by atoms with Crippen molar-refractivity contribution in [3.63, 3.8) is 0 Å². The normalized spacial score (nSPS) is 25.5. The molecule has 1 aromatic heterocycles. The Bertz CT molecular complexity index is 1150. The highest BCUT2D eigenvalue weighted by atomic mass is 16.5. The number of imidazole rings is 1. The third-order valence-corrected chi connectivity index (χ3v) is 7.52. The van der Waals surface area contributed by atoms with Crippen LogP contribution in [-0.4, -0.2) is 59.4 Å². The van der Waals surface area contributed by atoms with E-state index in [1.807, 2.05) is 6.07 Å². The van der Waals surface area contributed by atoms with Gasteiger partial charge >= 0.3 is 0 Å². The van der Waals surface area contributed by atoms with E-state index < -0.39 is 6.23 Å². The number of aliphatic imine (C=N–C) groups is 1. The minimum absolute atomic E-state index is 0.0731. The summed E-state index contributed by atoms with van der Waals surface area (Å²) in [5, 5.41) is 11.3. The summed E-state index contributed by atoms with van der Waals surface area (Å²) in [5.74, 6) is 0. The Balaban J connectivity index is 1.37. The lowest BCUT2D eigenvalue weighted by Gasteiger charge is -2.31. The highest BCUT2D eigenvalue weighted by molar-refractivity contribution is 5.97. The zero-order valence-corrected chi connectivity index (χ0v) is 19.6. The summed E-state index contributed by atoms with van der Waals surface area (Å²) >= 11 is 0. The number of aromatic nitrogens is 2. The van der Waals surface area contributed by atoms with Crippen LogP contribution in [0.1, 0.15) is 50.1 Å². The molecule has 2 aliphatic heterocycles. The van der Waals surface area contributed by atoms with E-state index in [1.54, 1.807) is 6.33 Å². The van der Waals surface area contributed by atoms with Crippen LogP contribution in [0.25, 0.3) is 11.0 Å². The fraction of sp³-hybridized carbons (Fsp3) is 0.481. The van der Waals surface area contributed by atoms with Crippen LogP contribution in [0.2, 0.25) is 0 Å². The molecule has 0 amide bonds. The number of benzene rings is 2. The number of morpholine rings is 1. The summed E-state index contributed by atoms with van der Waals surface area (Å²) in [6.45, 7) is 3.40. The monoisotopic (exact) mass is 459 g/mol. The lowest BCUT2D eigenvalue weighted by Crippen LogP contribution is -2.36. The number of anilines is 2. The van der Waals surface area contributed by atoms with E-state index in [9.17, 15) is 5.11 Å². The van der Waals surface area contributed by atoms with Gasteiger partial charge in [0, 0.05) is 42.6 Å². The molecule has 2 unspecified atom stereocenters. The smallest absolute Gasteiger partial charge is 0.133 e. The fourth-order valence-corrected chi connectivity index (χ4v) is 5.74. The first-order chi connectivity index (χ1) is 16.8. The first kappa shape index (κ1) is 21.6. The molecule has 2 aromatic carbocycles. The second-order valence-electron chi connectivity index (χ2n) is 9.70. The van der Waals surface area contributed by atoms with Gasteiger partial charge in [0.1, 0.15) is 6.23 Å². The van der Waals surface area contributed by atoms with E-state index in [4.69, 9.17) is 9.73 Å². The molecule has 6 rings (SSSR count). The quantitative estimate of drug-likeness (QED) is 0.603. The average molecular weight is 460 g/mol. The molecule has 1 aliphatic carbocycles. The van der Waals surface area contributed by atoms with Crippen molar-refractivity contribution in [2.75, 3.05) is 36.1 Å². The predicted molar refractivity (Wildman–Crippen MR) is 136 cm³/mol. The van der Waals surface area contributed by atoms with Crippen molar-refractivity contribution < 1.29 is 9.84 Å². The van der Waals surface area contributed by atoms with Crippen molar-refractivity contribution in [2.45, 2.75) is 56.8 Å². The molecule has 2 saturated heterocycles. The topological polar surface area (TPSA) is 77.0 Å². The van der Waals surface area contributed by atoms with Crippen LogP contribution >= 0.6 is 0 Å². The van der Waals surface area contributed by atoms with E-state index in [2.05, 4.69) is 56.2 Å². The Morgan fingerprint density at radius 3 is 2.53 bits per heavy atom. The number of fused-ring (bicyclic) bond motifs is 1. The van der Waals surface area contributed by atoms with Gasteiger partial charge in [0.25, 0.3) is 0 Å². The molecule has 7 nitrogen and oxygen atoms in total. The zero-order valence-electron chi connectivity index (χ0n) is 19.6. The number of nitrogens with one attached hydrogen (secondary N) is 1. The molecular weight excluding hydrogens is 426 g/mol. The zero-order chi connectivity index (χ0) is 22.9. The van der Waals surface area contributed by atoms with Crippen molar-refractivity contribution in [1.29, 1.82) is 0 Å². The number of hydrogen-bond donors (Lipinski definition) is 2. The van der Waals surface area contributed by atoms with Crippen LogP contribution in [-0.2, 0) is 4.74 Å². The number of hydrogen-bond acceptors (Lipinski definition) is 6. The second kappa shape index (κ2) is 9.39. The lowest BCUT2D eigenvalue weighted by molar-refractivity contribution is 0.122. The fourth-order valence-electron chi connectivity index (χ4n) is 5.74. The second-order valence-corrected chi connectivity index (χ2v) is 9.70. The number of rotatable bonds is 4. The number of aromatic amines is 1. The van der Waals surface area contributed by atoms with Crippen LogP contribution in [0.5, 0.6) is 0 Å². The van der Waals surface area contributed by atoms with E-state index in [1.165, 1.54) is 30.5 Å². The standard InChI is InChI=1S/C27H33N5O2/c33-26-17-25(30-20-4-2-1-3-5-20)27(32(26)22-10-11-23-24(16-22)29-18-28-23)19-6-8-21(9-7-19)31-12-14-34-15-13-31/h6-11,16,18,20,26-27,33H,1-5,12-15,17H2,(H,28,29). The van der Waals surface area contributed by atoms with Gasteiger partial charge in [-0.15, -0.1) is 0 Å². The van der Waals surface area contributed by atoms with Crippen molar-refractivity contribution in [3.05, 3.63) is 54.4 Å². The highest BCUT2D eigenvalue weighted by Crippen LogP contribution is 2.40. The van der Waals surface area contributed by atoms with Gasteiger partial charge in [-0.25, -0.2) is 4.98 Å². The van der Waals surface area contributed by atoms with Crippen molar-refractivity contribution in [1.82, 2.24) is 9.97 Å². The largest absolute Gasteiger partial charge is 0.378 e. The van der Waals surface area contributed by atoms with Gasteiger partial charge in [-0.2, -0.15) is 0 Å². The molecule has 3 heterocycles. The van der Waals surface area contributed by atoms with Crippen molar-refractivity contribution in [3.8, 4) is 0 Å². The van der Waals surface area contributed by atoms with Gasteiger partial charge in [-0.1, -0.05) is 31.4 Å². The Hall–Kier alpha value is -2.90. The molecule has 0 spiro atoms. The van der Waals surface area contributed by atoms with E-state index >= 15 is 0 Å². The summed E-state index contributed by atoms with van der Waals surface area (Å²) in [6, 6.07) is 15.3. The molecule has 2 N–H and O–H groups in total. The number of aliphatic hydroxyl groups excluding tert-OH is 1. The first-order valence-corrected chi connectivity index (χ1v) is 12.6. The molecule has 178 valence electrons. The Kier molecular flexibility index (Phi) is 5.97. The Morgan fingerprint density at radius 2 is 1.74 bits per heavy atom. The molecule has 3 aliphatic rings. The maximum absolute atomic E-state index is 11.3. The SMILES string of the molecule is OC1CC(=NC2CCCCC2)C(c2ccc(N3CCOCC3)cc2)N1c1ccc2nc[nH]c2c1. The van der Waals surface area contributed by atoms with Gasteiger partial charge in [0.2, 0.25) is 0 Å². The van der Waals surface area contributed by atoms with Crippen molar-refractivity contribution in [2.24, 2.45) is 4.99 Å². The highest BCUT2D eigenvalue weighted by Gasteiger charge is 2.39. The third kappa shape index (κ3) is 4.18. The summed E-state index contributed by atoms with van der Waals surface area (Å²) in [6.07, 6.45) is 7.82. The van der Waals surface area contributed by atoms with E-state index in [-0.39, 0.29) is 6.04 Å². The molecule has 0 bridgehead atoms. The molecule has 2 atom stereocenters. The first-order valence-electron chi connectivity index (χ1n) is 12.6. The summed E-state index contributed by atoms with van der Waals surface area (Å²) in [7, 11) is 0. The Morgan fingerprint density at radius 1 is 0.971 bits per heavy atom. The molecule has 0 radical (unpaired) electrons. The van der Waals surface area contributed by atoms with Gasteiger partial charge in [0.05, 0.1) is 36.6 Å². The van der Waals surface area contributed by atoms with Crippen LogP contribution in [0, 0.1) is 0 Å². The van der Waals surface area contributed by atoms with Gasteiger partial charge in [-0.3, -0.25) is 4.99 Å². The molecule has 3 fully saturated rings. The number of H-pyrrole nitrogens is 1. The van der Waals surface area contributed by atoms with Crippen LogP contribution < -0.4 is 9.80 Å². The van der Waals surface area contributed by atoms with Crippen LogP contribution in [0.3, 0.4) is 0 Å². The van der Waals surface area contributed by atoms with Crippen molar-refractivity contribution >= 4 is 28.1 Å². The maximum Gasteiger partial charge on any atom is 0.133 e. The lowest BCUT2D eigenvalue weighted by atomic mass is 9.95. The average Bonchev–Trinajstić information content (AvgIpc) is 3.48. The number of aliphatic hydroxyl groups is 1. The van der Waals surface area contributed by atoms with E-state index in [0.717, 1.165) is 61.6 Å².